The van der Waals surface area contributed by atoms with Crippen molar-refractivity contribution in [2.45, 2.75) is 89.6 Å². The molecule has 1 aliphatic carbocycles. The molecule has 1 heterocycles. The number of hydrogen-bond acceptors (Lipinski definition) is 4. The van der Waals surface area contributed by atoms with Gasteiger partial charge in [-0.1, -0.05) is 30.3 Å². The average Bonchev–Trinajstić information content (AvgIpc) is 3.18. The summed E-state index contributed by atoms with van der Waals surface area (Å²) in [4.78, 5) is 19.0. The van der Waals surface area contributed by atoms with Crippen molar-refractivity contribution in [1.82, 2.24) is 20.9 Å². The van der Waals surface area contributed by atoms with E-state index in [1.807, 2.05) is 27.8 Å². The standard InChI is InChI=1S/C25H41N5O2.HI/c1-25(2,3)32-24(31)29-21-14-12-20(13-15-21)28-23(26-4)27-17-22-11-8-16-30(22)18-19-9-6-5-7-10-19;/h5-7,9-10,20-22H,8,11-18H2,1-4H3,(H,29,31)(H2,26,27,28);1H. The number of halogens is 1. The van der Waals surface area contributed by atoms with E-state index in [0.29, 0.717) is 12.1 Å². The molecule has 0 bridgehead atoms. The molecule has 2 aliphatic rings. The number of aliphatic imine (C=N–C) groups is 1. The van der Waals surface area contributed by atoms with Crippen molar-refractivity contribution in [3.8, 4) is 0 Å². The van der Waals surface area contributed by atoms with E-state index in [4.69, 9.17) is 4.74 Å². The number of alkyl carbamates (subject to hydrolysis) is 1. The lowest BCUT2D eigenvalue weighted by molar-refractivity contribution is 0.0490. The van der Waals surface area contributed by atoms with Gasteiger partial charge in [0.2, 0.25) is 0 Å². The zero-order chi connectivity index (χ0) is 23.0. The fourth-order valence-corrected chi connectivity index (χ4v) is 4.61. The Balaban J connectivity index is 0.00000385. The predicted octanol–water partition coefficient (Wildman–Crippen LogP) is 4.27. The second-order valence-electron chi connectivity index (χ2n) is 10.0. The molecule has 8 heteroatoms. The first-order valence-electron chi connectivity index (χ1n) is 12.1. The van der Waals surface area contributed by atoms with Crippen LogP contribution >= 0.6 is 24.0 Å². The molecule has 3 N–H and O–H groups in total. The first-order chi connectivity index (χ1) is 15.3. The fraction of sp³-hybridized carbons (Fsp3) is 0.680. The molecule has 1 atom stereocenters. The monoisotopic (exact) mass is 571 g/mol. The summed E-state index contributed by atoms with van der Waals surface area (Å²) < 4.78 is 5.38. The van der Waals surface area contributed by atoms with Crippen LogP contribution in [-0.2, 0) is 11.3 Å². The number of benzene rings is 1. The van der Waals surface area contributed by atoms with Gasteiger partial charge in [0.15, 0.2) is 5.96 Å². The van der Waals surface area contributed by atoms with Crippen molar-refractivity contribution in [3.05, 3.63) is 35.9 Å². The molecule has 3 rings (SSSR count). The molecule has 1 unspecified atom stereocenters. The number of nitrogens with one attached hydrogen (secondary N) is 3. The highest BCUT2D eigenvalue weighted by molar-refractivity contribution is 14.0. The van der Waals surface area contributed by atoms with Crippen molar-refractivity contribution < 1.29 is 9.53 Å². The molecule has 0 radical (unpaired) electrons. The third-order valence-electron chi connectivity index (χ3n) is 6.25. The van der Waals surface area contributed by atoms with Crippen LogP contribution in [0.25, 0.3) is 0 Å². The number of carbonyl (C=O) groups is 1. The molecule has 33 heavy (non-hydrogen) atoms. The minimum Gasteiger partial charge on any atom is -0.444 e. The molecule has 1 aromatic rings. The molecule has 1 aliphatic heterocycles. The number of ether oxygens (including phenoxy) is 1. The first kappa shape index (κ1) is 27.7. The Hall–Kier alpha value is -1.55. The van der Waals surface area contributed by atoms with Gasteiger partial charge in [-0.15, -0.1) is 24.0 Å². The minimum absolute atomic E-state index is 0. The van der Waals surface area contributed by atoms with Crippen LogP contribution in [0.15, 0.2) is 35.3 Å². The lowest BCUT2D eigenvalue weighted by atomic mass is 9.91. The Morgan fingerprint density at radius 1 is 1.06 bits per heavy atom. The van der Waals surface area contributed by atoms with E-state index >= 15 is 0 Å². The SMILES string of the molecule is CN=C(NCC1CCCN1Cc1ccccc1)NC1CCC(NC(=O)OC(C)(C)C)CC1.I. The summed E-state index contributed by atoms with van der Waals surface area (Å²) in [6, 6.07) is 11.8. The molecule has 1 amide bonds. The molecule has 7 nitrogen and oxygen atoms in total. The van der Waals surface area contributed by atoms with E-state index in [-0.39, 0.29) is 36.1 Å². The van der Waals surface area contributed by atoms with Crippen LogP contribution in [0.5, 0.6) is 0 Å². The van der Waals surface area contributed by atoms with E-state index in [2.05, 4.69) is 56.2 Å². The van der Waals surface area contributed by atoms with Gasteiger partial charge in [-0.3, -0.25) is 9.89 Å². The molecule has 186 valence electrons. The van der Waals surface area contributed by atoms with Gasteiger partial charge >= 0.3 is 6.09 Å². The first-order valence-corrected chi connectivity index (χ1v) is 12.1. The summed E-state index contributed by atoms with van der Waals surface area (Å²) >= 11 is 0. The van der Waals surface area contributed by atoms with Crippen LogP contribution in [0, 0.1) is 0 Å². The second kappa shape index (κ2) is 13.4. The molecular formula is C25H42IN5O2. The van der Waals surface area contributed by atoms with Crippen LogP contribution < -0.4 is 16.0 Å². The number of carbonyl (C=O) groups excluding carboxylic acids is 1. The fourth-order valence-electron chi connectivity index (χ4n) is 4.61. The maximum Gasteiger partial charge on any atom is 0.407 e. The Labute approximate surface area is 216 Å². The zero-order valence-corrected chi connectivity index (χ0v) is 22.9. The number of nitrogens with zero attached hydrogens (tertiary/aromatic N) is 2. The summed E-state index contributed by atoms with van der Waals surface area (Å²) in [5.41, 5.74) is 0.912. The largest absolute Gasteiger partial charge is 0.444 e. The van der Waals surface area contributed by atoms with Crippen LogP contribution in [0.4, 0.5) is 4.79 Å². The van der Waals surface area contributed by atoms with Crippen molar-refractivity contribution >= 4 is 36.0 Å². The third kappa shape index (κ3) is 9.68. The van der Waals surface area contributed by atoms with Crippen molar-refractivity contribution in [1.29, 1.82) is 0 Å². The van der Waals surface area contributed by atoms with Crippen molar-refractivity contribution in [2.24, 2.45) is 4.99 Å². The third-order valence-corrected chi connectivity index (χ3v) is 6.25. The number of hydrogen-bond donors (Lipinski definition) is 3. The zero-order valence-electron chi connectivity index (χ0n) is 20.6. The molecule has 1 saturated carbocycles. The van der Waals surface area contributed by atoms with E-state index in [9.17, 15) is 4.79 Å². The number of rotatable bonds is 6. The maximum absolute atomic E-state index is 12.0. The van der Waals surface area contributed by atoms with Crippen LogP contribution in [0.2, 0.25) is 0 Å². The van der Waals surface area contributed by atoms with Crippen LogP contribution in [0.1, 0.15) is 64.9 Å². The summed E-state index contributed by atoms with van der Waals surface area (Å²) in [7, 11) is 1.83. The quantitative estimate of drug-likeness (QED) is 0.270. The average molecular weight is 572 g/mol. The van der Waals surface area contributed by atoms with E-state index in [1.165, 1.54) is 18.4 Å². The van der Waals surface area contributed by atoms with Gasteiger partial charge < -0.3 is 20.7 Å². The Kier molecular flexibility index (Phi) is 11.2. The minimum atomic E-state index is -0.461. The van der Waals surface area contributed by atoms with Gasteiger partial charge in [0, 0.05) is 38.3 Å². The summed E-state index contributed by atoms with van der Waals surface area (Å²) in [6.45, 7) is 8.73. The molecule has 0 spiro atoms. The second-order valence-corrected chi connectivity index (χ2v) is 10.0. The molecule has 2 fully saturated rings. The van der Waals surface area contributed by atoms with E-state index < -0.39 is 5.60 Å². The summed E-state index contributed by atoms with van der Waals surface area (Å²) in [6.07, 6.45) is 6.05. The lowest BCUT2D eigenvalue weighted by Crippen LogP contribution is -2.50. The van der Waals surface area contributed by atoms with Gasteiger partial charge in [0.25, 0.3) is 0 Å². The van der Waals surface area contributed by atoms with Gasteiger partial charge in [0.05, 0.1) is 0 Å². The van der Waals surface area contributed by atoms with Crippen molar-refractivity contribution in [2.75, 3.05) is 20.1 Å². The Morgan fingerprint density at radius 3 is 2.30 bits per heavy atom. The number of likely N-dealkylation sites (tertiary alicyclic amines) is 1. The highest BCUT2D eigenvalue weighted by Crippen LogP contribution is 2.21. The Morgan fingerprint density at radius 2 is 1.70 bits per heavy atom. The van der Waals surface area contributed by atoms with Gasteiger partial charge in [-0.05, 0) is 71.4 Å². The topological polar surface area (TPSA) is 78.0 Å². The Bertz CT molecular complexity index is 745. The van der Waals surface area contributed by atoms with Gasteiger partial charge in [-0.25, -0.2) is 4.79 Å². The number of amides is 1. The summed E-state index contributed by atoms with van der Waals surface area (Å²) in [5.74, 6) is 0.875. The molecular weight excluding hydrogens is 529 g/mol. The summed E-state index contributed by atoms with van der Waals surface area (Å²) in [5, 5.41) is 10.1. The predicted molar refractivity (Wildman–Crippen MR) is 145 cm³/mol. The highest BCUT2D eigenvalue weighted by atomic mass is 127. The van der Waals surface area contributed by atoms with Crippen molar-refractivity contribution in [3.63, 3.8) is 0 Å². The normalized spacial score (nSPS) is 24.0. The van der Waals surface area contributed by atoms with E-state index in [1.54, 1.807) is 0 Å². The van der Waals surface area contributed by atoms with Gasteiger partial charge in [-0.2, -0.15) is 0 Å². The lowest BCUT2D eigenvalue weighted by Gasteiger charge is -2.32. The molecule has 1 aromatic carbocycles. The highest BCUT2D eigenvalue weighted by Gasteiger charge is 2.27. The smallest absolute Gasteiger partial charge is 0.407 e. The maximum atomic E-state index is 12.0. The van der Waals surface area contributed by atoms with Crippen LogP contribution in [-0.4, -0.2) is 60.8 Å². The molecule has 0 aromatic heterocycles. The van der Waals surface area contributed by atoms with E-state index in [0.717, 1.165) is 51.3 Å². The number of guanidine groups is 1. The molecule has 1 saturated heterocycles. The van der Waals surface area contributed by atoms with Crippen LogP contribution in [0.3, 0.4) is 0 Å². The van der Waals surface area contributed by atoms with Gasteiger partial charge in [0.1, 0.15) is 5.60 Å².